The van der Waals surface area contributed by atoms with E-state index >= 15 is 0 Å². The highest BCUT2D eigenvalue weighted by Gasteiger charge is 2.43. The number of carbonyl (C=O) groups is 1. The molecule has 0 unspecified atom stereocenters. The predicted octanol–water partition coefficient (Wildman–Crippen LogP) is 3.78. The topological polar surface area (TPSA) is 124 Å². The number of halogens is 1. The summed E-state index contributed by atoms with van der Waals surface area (Å²) in [5.41, 5.74) is 2.24. The number of carbonyl (C=O) groups excluding carboxylic acids is 1. The summed E-state index contributed by atoms with van der Waals surface area (Å²) in [5.74, 6) is 0.249. The first-order valence-corrected chi connectivity index (χ1v) is 15.2. The smallest absolute Gasteiger partial charge is 0.257 e. The zero-order chi connectivity index (χ0) is 29.9. The van der Waals surface area contributed by atoms with Crippen molar-refractivity contribution in [2.75, 3.05) is 56.2 Å². The van der Waals surface area contributed by atoms with Crippen LogP contribution in [0.4, 0.5) is 21.0 Å². The van der Waals surface area contributed by atoms with Gasteiger partial charge in [-0.05, 0) is 50.1 Å². The van der Waals surface area contributed by atoms with Gasteiger partial charge in [-0.3, -0.25) is 4.79 Å². The maximum absolute atomic E-state index is 13.6. The number of ether oxygens (including phenoxy) is 1. The van der Waals surface area contributed by atoms with Gasteiger partial charge in [0, 0.05) is 45.2 Å². The third-order valence-corrected chi connectivity index (χ3v) is 9.50. The van der Waals surface area contributed by atoms with E-state index in [4.69, 9.17) is 19.8 Å². The van der Waals surface area contributed by atoms with Crippen molar-refractivity contribution >= 4 is 44.9 Å². The molecule has 13 heteroatoms. The highest BCUT2D eigenvalue weighted by molar-refractivity contribution is 7.16. The highest BCUT2D eigenvalue weighted by atomic mass is 32.1. The Bertz CT molecular complexity index is 1750. The average Bonchev–Trinajstić information content (AvgIpc) is 3.43. The number of hydrogen-bond acceptors (Lipinski definition) is 10. The van der Waals surface area contributed by atoms with Crippen LogP contribution in [0.3, 0.4) is 0 Å². The van der Waals surface area contributed by atoms with Crippen molar-refractivity contribution in [3.05, 3.63) is 46.7 Å². The summed E-state index contributed by atoms with van der Waals surface area (Å²) < 4.78 is 20.9. The van der Waals surface area contributed by atoms with Crippen LogP contribution in [0, 0.1) is 24.1 Å². The fourth-order valence-corrected chi connectivity index (χ4v) is 6.76. The van der Waals surface area contributed by atoms with Gasteiger partial charge in [-0.15, -0.1) is 0 Å². The second kappa shape index (κ2) is 10.6. The molecule has 0 bridgehead atoms. The number of thiazole rings is 1. The van der Waals surface area contributed by atoms with Gasteiger partial charge in [0.15, 0.2) is 16.4 Å². The average molecular weight is 603 g/mol. The molecule has 3 fully saturated rings. The largest absolute Gasteiger partial charge is 0.378 e. The summed E-state index contributed by atoms with van der Waals surface area (Å²) in [6.07, 6.45) is 2.37. The maximum Gasteiger partial charge on any atom is 0.257 e. The Labute approximate surface area is 251 Å². The first kappa shape index (κ1) is 27.7. The van der Waals surface area contributed by atoms with Crippen LogP contribution in [0.1, 0.15) is 35.9 Å². The Hall–Kier alpha value is -4.12. The molecule has 1 aliphatic carbocycles. The van der Waals surface area contributed by atoms with E-state index in [0.29, 0.717) is 66.1 Å². The van der Waals surface area contributed by atoms with Gasteiger partial charge in [0.2, 0.25) is 0 Å². The fourth-order valence-electron chi connectivity index (χ4n) is 5.91. The molecule has 43 heavy (non-hydrogen) atoms. The maximum atomic E-state index is 13.6. The second-order valence-electron chi connectivity index (χ2n) is 11.4. The number of aromatic nitrogens is 4. The number of nitriles is 1. The molecule has 11 nitrogen and oxygen atoms in total. The van der Waals surface area contributed by atoms with Crippen LogP contribution in [-0.2, 0) is 9.53 Å². The molecular weight excluding hydrogens is 571 g/mol. The van der Waals surface area contributed by atoms with E-state index in [-0.39, 0.29) is 24.4 Å². The van der Waals surface area contributed by atoms with Crippen molar-refractivity contribution in [3.63, 3.8) is 0 Å². The van der Waals surface area contributed by atoms with Crippen molar-refractivity contribution in [3.8, 4) is 17.3 Å². The number of amides is 1. The number of anilines is 3. The molecule has 1 atom stereocenters. The van der Waals surface area contributed by atoms with E-state index in [1.807, 2.05) is 23.6 Å². The standard InChI is InChI=1S/C30H31FN8O3S/c1-18-23(37-10-12-38(13-11-37)28(40)30(41)9-14-42-17-30)15-22-26(33-18)35-39(21-7-8-21)27(22)36(2)29-34-25(24(16-32)43-29)19-3-5-20(31)6-4-19/h3-6,15,21,41H,7-14,17H2,1-2H3/t30-/m1/s1. The summed E-state index contributed by atoms with van der Waals surface area (Å²) in [6.45, 7) is 4.62. The molecule has 0 radical (unpaired) electrons. The monoisotopic (exact) mass is 602 g/mol. The number of aliphatic hydroxyl groups is 1. The van der Waals surface area contributed by atoms with Crippen LogP contribution in [-0.4, -0.2) is 87.7 Å². The van der Waals surface area contributed by atoms with E-state index < -0.39 is 5.60 Å². The quantitative estimate of drug-likeness (QED) is 0.351. The molecule has 5 heterocycles. The minimum atomic E-state index is -1.42. The molecule has 1 aromatic carbocycles. The lowest BCUT2D eigenvalue weighted by Crippen LogP contribution is -2.56. The predicted molar refractivity (Wildman–Crippen MR) is 160 cm³/mol. The van der Waals surface area contributed by atoms with Crippen molar-refractivity contribution in [1.82, 2.24) is 24.6 Å². The van der Waals surface area contributed by atoms with E-state index in [0.717, 1.165) is 35.4 Å². The van der Waals surface area contributed by atoms with Crippen molar-refractivity contribution < 1.29 is 19.0 Å². The third kappa shape index (κ3) is 4.89. The molecule has 2 saturated heterocycles. The molecule has 2 aliphatic heterocycles. The zero-order valence-electron chi connectivity index (χ0n) is 24.0. The Morgan fingerprint density at radius 2 is 1.95 bits per heavy atom. The van der Waals surface area contributed by atoms with E-state index in [1.165, 1.54) is 23.5 Å². The Balaban J connectivity index is 1.21. The van der Waals surface area contributed by atoms with E-state index in [2.05, 4.69) is 17.0 Å². The molecule has 1 amide bonds. The van der Waals surface area contributed by atoms with Crippen molar-refractivity contribution in [2.45, 2.75) is 37.8 Å². The van der Waals surface area contributed by atoms with Gasteiger partial charge in [0.05, 0.1) is 36.0 Å². The summed E-state index contributed by atoms with van der Waals surface area (Å²) in [4.78, 5) is 29.1. The summed E-state index contributed by atoms with van der Waals surface area (Å²) in [6, 6.07) is 10.6. The number of rotatable bonds is 6. The van der Waals surface area contributed by atoms with Crippen molar-refractivity contribution in [2.24, 2.45) is 0 Å². The van der Waals surface area contributed by atoms with Crippen molar-refractivity contribution in [1.29, 1.82) is 5.26 Å². The Morgan fingerprint density at radius 1 is 1.21 bits per heavy atom. The number of fused-ring (bicyclic) bond motifs is 1. The number of hydrogen-bond donors (Lipinski definition) is 1. The number of nitrogens with zero attached hydrogens (tertiary/aromatic N) is 8. The summed E-state index contributed by atoms with van der Waals surface area (Å²) in [5, 5.41) is 27.0. The lowest BCUT2D eigenvalue weighted by molar-refractivity contribution is -0.151. The summed E-state index contributed by atoms with van der Waals surface area (Å²) >= 11 is 1.28. The van der Waals surface area contributed by atoms with Crippen LogP contribution in [0.2, 0.25) is 0 Å². The lowest BCUT2D eigenvalue weighted by Gasteiger charge is -2.39. The molecule has 7 rings (SSSR count). The Morgan fingerprint density at radius 3 is 2.60 bits per heavy atom. The molecular formula is C30H31FN8O3S. The number of benzene rings is 1. The van der Waals surface area contributed by atoms with Gasteiger partial charge in [-0.25, -0.2) is 19.0 Å². The van der Waals surface area contributed by atoms with Crippen LogP contribution >= 0.6 is 11.3 Å². The van der Waals surface area contributed by atoms with E-state index in [9.17, 15) is 19.6 Å². The van der Waals surface area contributed by atoms with Crippen LogP contribution in [0.15, 0.2) is 30.3 Å². The van der Waals surface area contributed by atoms with Gasteiger partial charge in [-0.1, -0.05) is 11.3 Å². The van der Waals surface area contributed by atoms with Gasteiger partial charge in [-0.2, -0.15) is 10.4 Å². The molecule has 4 aromatic rings. The van der Waals surface area contributed by atoms with Crippen LogP contribution in [0.5, 0.6) is 0 Å². The third-order valence-electron chi connectivity index (χ3n) is 8.47. The van der Waals surface area contributed by atoms with Gasteiger partial charge in [0.25, 0.3) is 5.91 Å². The van der Waals surface area contributed by atoms with Crippen LogP contribution < -0.4 is 9.80 Å². The highest BCUT2D eigenvalue weighted by Crippen LogP contribution is 2.44. The fraction of sp³-hybridized carbons (Fsp3) is 0.433. The van der Waals surface area contributed by atoms with E-state index in [1.54, 1.807) is 17.0 Å². The minimum absolute atomic E-state index is 0.0490. The van der Waals surface area contributed by atoms with Crippen LogP contribution in [0.25, 0.3) is 22.3 Å². The lowest BCUT2D eigenvalue weighted by atomic mass is 10.0. The minimum Gasteiger partial charge on any atom is -0.378 e. The molecule has 0 spiro atoms. The van der Waals surface area contributed by atoms with Gasteiger partial charge >= 0.3 is 0 Å². The molecule has 3 aliphatic rings. The number of pyridine rings is 1. The zero-order valence-corrected chi connectivity index (χ0v) is 24.8. The summed E-state index contributed by atoms with van der Waals surface area (Å²) in [7, 11) is 1.92. The van der Waals surface area contributed by atoms with Gasteiger partial charge < -0.3 is 24.5 Å². The first-order valence-electron chi connectivity index (χ1n) is 14.4. The SMILES string of the molecule is Cc1nc2nn(C3CC3)c(N(C)c3nc(-c4ccc(F)cc4)c(C#N)s3)c2cc1N1CCN(C(=O)[C@@]2(O)CCOC2)CC1. The molecule has 3 aromatic heterocycles. The molecule has 222 valence electrons. The second-order valence-corrected chi connectivity index (χ2v) is 12.4. The molecule has 1 saturated carbocycles. The normalized spacial score (nSPS) is 20.5. The van der Waals surface area contributed by atoms with Gasteiger partial charge in [0.1, 0.15) is 28.3 Å². The Kier molecular flexibility index (Phi) is 6.80. The molecule has 1 N–H and O–H groups in total. The number of piperazine rings is 1. The first-order chi connectivity index (χ1) is 20.8. The number of aryl methyl sites for hydroxylation is 1.